The van der Waals surface area contributed by atoms with Crippen molar-refractivity contribution < 1.29 is 9.47 Å². The summed E-state index contributed by atoms with van der Waals surface area (Å²) in [7, 11) is 1.68. The van der Waals surface area contributed by atoms with Crippen molar-refractivity contribution in [1.29, 1.82) is 0 Å². The van der Waals surface area contributed by atoms with Crippen LogP contribution in [0.3, 0.4) is 0 Å². The highest BCUT2D eigenvalue weighted by Gasteiger charge is 2.08. The molecule has 0 amide bonds. The highest BCUT2D eigenvalue weighted by molar-refractivity contribution is 5.29. The molecule has 0 fully saturated rings. The molecule has 1 N–H and O–H groups in total. The molecule has 3 nitrogen and oxygen atoms in total. The number of ether oxygens (including phenoxy) is 2. The Morgan fingerprint density at radius 3 is 2.53 bits per heavy atom. The van der Waals surface area contributed by atoms with Crippen LogP contribution in [-0.2, 0) is 4.74 Å². The molecule has 1 atom stereocenters. The normalized spacial score (nSPS) is 12.2. The molecule has 0 saturated carbocycles. The molecule has 1 aromatic carbocycles. The molecule has 1 aromatic rings. The second-order valence-corrected chi connectivity index (χ2v) is 4.70. The Hall–Kier alpha value is -1.32. The third-order valence-corrected chi connectivity index (χ3v) is 2.91. The second-order valence-electron chi connectivity index (χ2n) is 4.70. The summed E-state index contributed by atoms with van der Waals surface area (Å²) in [6.45, 7) is 10.2. The number of nitrogens with one attached hydrogen (secondary N) is 1. The molecule has 1 unspecified atom stereocenters. The van der Waals surface area contributed by atoms with E-state index in [1.54, 1.807) is 7.11 Å². The van der Waals surface area contributed by atoms with E-state index in [2.05, 4.69) is 31.0 Å². The molecular formula is C16H25NO2. The van der Waals surface area contributed by atoms with Gasteiger partial charge in [0, 0.05) is 12.6 Å². The van der Waals surface area contributed by atoms with Gasteiger partial charge in [0.25, 0.3) is 0 Å². The molecule has 106 valence electrons. The maximum absolute atomic E-state index is 5.48. The molecule has 0 aliphatic carbocycles. The maximum Gasteiger partial charge on any atom is 0.118 e. The first kappa shape index (κ1) is 15.7. The van der Waals surface area contributed by atoms with Crippen molar-refractivity contribution in [2.24, 2.45) is 0 Å². The van der Waals surface area contributed by atoms with E-state index in [-0.39, 0.29) is 0 Å². The van der Waals surface area contributed by atoms with Crippen LogP contribution in [0, 0.1) is 0 Å². The number of rotatable bonds is 9. The lowest BCUT2D eigenvalue weighted by atomic mass is 10.0. The molecule has 3 heteroatoms. The minimum Gasteiger partial charge on any atom is -0.497 e. The van der Waals surface area contributed by atoms with Crippen molar-refractivity contribution in [3.05, 3.63) is 42.0 Å². The topological polar surface area (TPSA) is 30.5 Å². The zero-order valence-electron chi connectivity index (χ0n) is 12.2. The Morgan fingerprint density at radius 2 is 2.00 bits per heavy atom. The number of methoxy groups -OCH3 is 1. The lowest BCUT2D eigenvalue weighted by Gasteiger charge is -2.18. The zero-order chi connectivity index (χ0) is 14.1. The summed E-state index contributed by atoms with van der Waals surface area (Å²) in [5, 5.41) is 3.50. The van der Waals surface area contributed by atoms with Crippen molar-refractivity contribution in [3.8, 4) is 5.75 Å². The van der Waals surface area contributed by atoms with Gasteiger partial charge in [-0.3, -0.25) is 0 Å². The molecule has 0 bridgehead atoms. The van der Waals surface area contributed by atoms with Crippen LogP contribution >= 0.6 is 0 Å². The average molecular weight is 263 g/mol. The third kappa shape index (κ3) is 5.90. The van der Waals surface area contributed by atoms with Gasteiger partial charge in [-0.05, 0) is 31.0 Å². The van der Waals surface area contributed by atoms with E-state index in [0.717, 1.165) is 24.3 Å². The molecule has 19 heavy (non-hydrogen) atoms. The second kappa shape index (κ2) is 8.73. The van der Waals surface area contributed by atoms with Crippen LogP contribution in [0.15, 0.2) is 36.4 Å². The van der Waals surface area contributed by atoms with E-state index in [0.29, 0.717) is 19.3 Å². The summed E-state index contributed by atoms with van der Waals surface area (Å²) >= 11 is 0. The van der Waals surface area contributed by atoms with Crippen LogP contribution < -0.4 is 10.1 Å². The van der Waals surface area contributed by atoms with Gasteiger partial charge in [0.1, 0.15) is 5.75 Å². The number of benzene rings is 1. The van der Waals surface area contributed by atoms with Crippen molar-refractivity contribution in [3.63, 3.8) is 0 Å². The van der Waals surface area contributed by atoms with Gasteiger partial charge in [-0.25, -0.2) is 0 Å². The van der Waals surface area contributed by atoms with Crippen LogP contribution in [0.5, 0.6) is 5.75 Å². The predicted molar refractivity (Wildman–Crippen MR) is 79.7 cm³/mol. The predicted octanol–water partition coefficient (Wildman–Crippen LogP) is 3.33. The molecule has 0 radical (unpaired) electrons. The van der Waals surface area contributed by atoms with E-state index in [1.165, 1.54) is 5.56 Å². The summed E-state index contributed by atoms with van der Waals surface area (Å²) in [5.74, 6) is 0.892. The quantitative estimate of drug-likeness (QED) is 0.547. The van der Waals surface area contributed by atoms with Crippen molar-refractivity contribution in [2.45, 2.75) is 26.3 Å². The molecular weight excluding hydrogens is 238 g/mol. The van der Waals surface area contributed by atoms with Crippen molar-refractivity contribution >= 4 is 0 Å². The third-order valence-electron chi connectivity index (χ3n) is 2.91. The molecule has 0 aliphatic rings. The molecule has 1 rings (SSSR count). The van der Waals surface area contributed by atoms with E-state index < -0.39 is 0 Å². The van der Waals surface area contributed by atoms with E-state index in [1.807, 2.05) is 19.1 Å². The van der Waals surface area contributed by atoms with Gasteiger partial charge in [-0.2, -0.15) is 0 Å². The lowest BCUT2D eigenvalue weighted by molar-refractivity contribution is 0.155. The first-order valence-electron chi connectivity index (χ1n) is 6.76. The fourth-order valence-electron chi connectivity index (χ4n) is 1.89. The molecule has 0 saturated heterocycles. The Kier molecular flexibility index (Phi) is 7.23. The largest absolute Gasteiger partial charge is 0.497 e. The number of hydrogen-bond donors (Lipinski definition) is 1. The SMILES string of the molecule is C=C(C)COCCNC(CC)c1ccc(OC)cc1. The number of hydrogen-bond acceptors (Lipinski definition) is 3. The first-order chi connectivity index (χ1) is 9.17. The van der Waals surface area contributed by atoms with Crippen molar-refractivity contribution in [1.82, 2.24) is 5.32 Å². The van der Waals surface area contributed by atoms with Gasteiger partial charge in [0.15, 0.2) is 0 Å². The Morgan fingerprint density at radius 1 is 1.32 bits per heavy atom. The Labute approximate surface area is 116 Å². The van der Waals surface area contributed by atoms with E-state index in [9.17, 15) is 0 Å². The fourth-order valence-corrected chi connectivity index (χ4v) is 1.89. The fraction of sp³-hybridized carbons (Fsp3) is 0.500. The molecule has 0 aromatic heterocycles. The van der Waals surface area contributed by atoms with Crippen LogP contribution in [0.2, 0.25) is 0 Å². The minimum absolute atomic E-state index is 0.360. The highest BCUT2D eigenvalue weighted by Crippen LogP contribution is 2.19. The Balaban J connectivity index is 2.37. The maximum atomic E-state index is 5.48. The summed E-state index contributed by atoms with van der Waals surface area (Å²) in [4.78, 5) is 0. The monoisotopic (exact) mass is 263 g/mol. The summed E-state index contributed by atoms with van der Waals surface area (Å²) in [5.41, 5.74) is 2.34. The van der Waals surface area contributed by atoms with Crippen LogP contribution in [-0.4, -0.2) is 26.9 Å². The van der Waals surface area contributed by atoms with Gasteiger partial charge in [-0.1, -0.05) is 31.2 Å². The van der Waals surface area contributed by atoms with E-state index >= 15 is 0 Å². The van der Waals surface area contributed by atoms with Crippen LogP contribution in [0.25, 0.3) is 0 Å². The van der Waals surface area contributed by atoms with Crippen molar-refractivity contribution in [2.75, 3.05) is 26.9 Å². The molecule has 0 heterocycles. The first-order valence-corrected chi connectivity index (χ1v) is 6.76. The molecule has 0 aliphatic heterocycles. The highest BCUT2D eigenvalue weighted by atomic mass is 16.5. The molecule has 0 spiro atoms. The van der Waals surface area contributed by atoms with Crippen LogP contribution in [0.1, 0.15) is 31.9 Å². The van der Waals surface area contributed by atoms with Gasteiger partial charge in [-0.15, -0.1) is 0 Å². The van der Waals surface area contributed by atoms with Gasteiger partial charge in [0.05, 0.1) is 20.3 Å². The van der Waals surface area contributed by atoms with Crippen LogP contribution in [0.4, 0.5) is 0 Å². The smallest absolute Gasteiger partial charge is 0.118 e. The summed E-state index contributed by atoms with van der Waals surface area (Å²) in [6.07, 6.45) is 1.05. The lowest BCUT2D eigenvalue weighted by Crippen LogP contribution is -2.25. The average Bonchev–Trinajstić information content (AvgIpc) is 2.43. The Bertz CT molecular complexity index is 373. The summed E-state index contributed by atoms with van der Waals surface area (Å²) < 4.78 is 10.6. The summed E-state index contributed by atoms with van der Waals surface area (Å²) in [6, 6.07) is 8.57. The zero-order valence-corrected chi connectivity index (χ0v) is 12.2. The van der Waals surface area contributed by atoms with Gasteiger partial charge in [0.2, 0.25) is 0 Å². The van der Waals surface area contributed by atoms with E-state index in [4.69, 9.17) is 9.47 Å². The van der Waals surface area contributed by atoms with Gasteiger partial charge < -0.3 is 14.8 Å². The standard InChI is InChI=1S/C16H25NO2/c1-5-16(17-10-11-19-12-13(2)3)14-6-8-15(18-4)9-7-14/h6-9,16-17H,2,5,10-12H2,1,3-4H3. The minimum atomic E-state index is 0.360. The van der Waals surface area contributed by atoms with Gasteiger partial charge >= 0.3 is 0 Å².